The second kappa shape index (κ2) is 5.23. The minimum absolute atomic E-state index is 0.502. The van der Waals surface area contributed by atoms with Gasteiger partial charge in [-0.3, -0.25) is 4.79 Å². The van der Waals surface area contributed by atoms with Crippen molar-refractivity contribution in [2.45, 2.75) is 0 Å². The van der Waals surface area contributed by atoms with Gasteiger partial charge in [0.2, 0.25) is 5.91 Å². The zero-order valence-electron chi connectivity index (χ0n) is 9.92. The summed E-state index contributed by atoms with van der Waals surface area (Å²) in [5, 5.41) is 0. The zero-order valence-corrected chi connectivity index (χ0v) is 9.92. The van der Waals surface area contributed by atoms with Crippen molar-refractivity contribution in [1.29, 1.82) is 0 Å². The number of carbonyl (C=O) groups excluding carboxylic acids is 1. The summed E-state index contributed by atoms with van der Waals surface area (Å²) in [6.45, 7) is 0. The molecule has 1 aromatic heterocycles. The lowest BCUT2D eigenvalue weighted by atomic mass is 10.2. The molecule has 1 heterocycles. The van der Waals surface area contributed by atoms with Crippen molar-refractivity contribution in [1.82, 2.24) is 0 Å². The maximum Gasteiger partial charge on any atom is 0.241 e. The molecule has 18 heavy (non-hydrogen) atoms. The first-order valence-corrected chi connectivity index (χ1v) is 5.41. The van der Waals surface area contributed by atoms with Gasteiger partial charge in [-0.1, -0.05) is 0 Å². The van der Waals surface area contributed by atoms with E-state index in [1.807, 2.05) is 30.3 Å². The number of primary amides is 1. The zero-order chi connectivity index (χ0) is 13.0. The van der Waals surface area contributed by atoms with E-state index in [9.17, 15) is 4.79 Å². The molecule has 2 N–H and O–H groups in total. The van der Waals surface area contributed by atoms with Crippen LogP contribution in [0.4, 0.5) is 0 Å². The fraction of sp³-hybridized carbons (Fsp3) is 0.0714. The number of methoxy groups -OCH3 is 1. The fourth-order valence-corrected chi connectivity index (χ4v) is 1.52. The molecule has 0 spiro atoms. The lowest BCUT2D eigenvalue weighted by molar-refractivity contribution is -0.113. The number of furan rings is 1. The SMILES string of the molecule is COc1ccc(-c2ccc(/C=C\C(N)=O)o2)cc1. The molecule has 0 unspecified atom stereocenters. The van der Waals surface area contributed by atoms with Crippen LogP contribution >= 0.6 is 0 Å². The predicted molar refractivity (Wildman–Crippen MR) is 68.9 cm³/mol. The van der Waals surface area contributed by atoms with Crippen LogP contribution in [-0.4, -0.2) is 13.0 Å². The summed E-state index contributed by atoms with van der Waals surface area (Å²) < 4.78 is 10.6. The molecule has 0 aliphatic heterocycles. The van der Waals surface area contributed by atoms with Gasteiger partial charge in [-0.25, -0.2) is 0 Å². The van der Waals surface area contributed by atoms with Gasteiger partial charge in [0.05, 0.1) is 7.11 Å². The van der Waals surface area contributed by atoms with Crippen LogP contribution in [0.3, 0.4) is 0 Å². The maximum atomic E-state index is 10.6. The minimum atomic E-state index is -0.502. The summed E-state index contributed by atoms with van der Waals surface area (Å²) in [5.74, 6) is 1.60. The summed E-state index contributed by atoms with van der Waals surface area (Å²) >= 11 is 0. The molecule has 0 radical (unpaired) electrons. The van der Waals surface area contributed by atoms with E-state index in [1.54, 1.807) is 13.2 Å². The number of rotatable bonds is 4. The van der Waals surface area contributed by atoms with Crippen molar-refractivity contribution >= 4 is 12.0 Å². The summed E-state index contributed by atoms with van der Waals surface area (Å²) in [6.07, 6.45) is 2.80. The van der Waals surface area contributed by atoms with Gasteiger partial charge in [0, 0.05) is 11.6 Å². The standard InChI is InChI=1S/C14H13NO3/c1-17-11-4-2-10(3-5-11)13-8-6-12(18-13)7-9-14(15)16/h2-9H,1H3,(H2,15,16)/b9-7-. The third-order valence-corrected chi connectivity index (χ3v) is 2.41. The van der Waals surface area contributed by atoms with Crippen molar-refractivity contribution in [3.05, 3.63) is 48.2 Å². The Hall–Kier alpha value is -2.49. The van der Waals surface area contributed by atoms with E-state index in [-0.39, 0.29) is 0 Å². The van der Waals surface area contributed by atoms with Gasteiger partial charge in [-0.15, -0.1) is 0 Å². The molecule has 92 valence electrons. The summed E-state index contributed by atoms with van der Waals surface area (Å²) in [7, 11) is 1.62. The van der Waals surface area contributed by atoms with Crippen molar-refractivity contribution in [3.8, 4) is 17.1 Å². The second-order valence-electron chi connectivity index (χ2n) is 3.67. The smallest absolute Gasteiger partial charge is 0.241 e. The van der Waals surface area contributed by atoms with Crippen LogP contribution in [0.5, 0.6) is 5.75 Å². The van der Waals surface area contributed by atoms with E-state index < -0.39 is 5.91 Å². The van der Waals surface area contributed by atoms with Crippen molar-refractivity contribution in [3.63, 3.8) is 0 Å². The number of hydrogen-bond acceptors (Lipinski definition) is 3. The summed E-state index contributed by atoms with van der Waals surface area (Å²) in [4.78, 5) is 10.6. The van der Waals surface area contributed by atoms with Crippen LogP contribution in [0, 0.1) is 0 Å². The Morgan fingerprint density at radius 1 is 1.22 bits per heavy atom. The largest absolute Gasteiger partial charge is 0.497 e. The number of benzene rings is 1. The van der Waals surface area contributed by atoms with Gasteiger partial charge < -0.3 is 14.9 Å². The highest BCUT2D eigenvalue weighted by Crippen LogP contribution is 2.24. The van der Waals surface area contributed by atoms with Gasteiger partial charge >= 0.3 is 0 Å². The molecule has 0 saturated carbocycles. The van der Waals surface area contributed by atoms with Gasteiger partial charge in [-0.05, 0) is 42.5 Å². The van der Waals surface area contributed by atoms with E-state index in [2.05, 4.69) is 0 Å². The van der Waals surface area contributed by atoms with Crippen LogP contribution in [0.1, 0.15) is 5.76 Å². The highest BCUT2D eigenvalue weighted by molar-refractivity contribution is 5.89. The molecule has 0 bridgehead atoms. The highest BCUT2D eigenvalue weighted by atomic mass is 16.5. The summed E-state index contributed by atoms with van der Waals surface area (Å²) in [6, 6.07) is 11.1. The molecular weight excluding hydrogens is 230 g/mol. The molecule has 4 nitrogen and oxygen atoms in total. The summed E-state index contributed by atoms with van der Waals surface area (Å²) in [5.41, 5.74) is 5.95. The molecule has 0 atom stereocenters. The number of nitrogens with two attached hydrogens (primary N) is 1. The minimum Gasteiger partial charge on any atom is -0.497 e. The Bertz CT molecular complexity index is 567. The third kappa shape index (κ3) is 2.79. The Morgan fingerprint density at radius 3 is 2.56 bits per heavy atom. The molecule has 0 aliphatic rings. The molecule has 0 fully saturated rings. The highest BCUT2D eigenvalue weighted by Gasteiger charge is 2.03. The van der Waals surface area contributed by atoms with Crippen LogP contribution in [0.15, 0.2) is 46.9 Å². The second-order valence-corrected chi connectivity index (χ2v) is 3.67. The van der Waals surface area contributed by atoms with Gasteiger partial charge in [0.1, 0.15) is 17.3 Å². The quantitative estimate of drug-likeness (QED) is 0.839. The third-order valence-electron chi connectivity index (χ3n) is 2.41. The van der Waals surface area contributed by atoms with E-state index in [0.29, 0.717) is 5.76 Å². The molecule has 1 amide bonds. The van der Waals surface area contributed by atoms with Crippen molar-refractivity contribution in [2.75, 3.05) is 7.11 Å². The van der Waals surface area contributed by atoms with Crippen LogP contribution < -0.4 is 10.5 Å². The average molecular weight is 243 g/mol. The molecule has 0 saturated heterocycles. The van der Waals surface area contributed by atoms with Crippen LogP contribution in [0.25, 0.3) is 17.4 Å². The maximum absolute atomic E-state index is 10.6. The van der Waals surface area contributed by atoms with Crippen LogP contribution in [-0.2, 0) is 4.79 Å². The first-order chi connectivity index (χ1) is 8.69. The predicted octanol–water partition coefficient (Wildman–Crippen LogP) is 2.45. The molecule has 2 aromatic rings. The molecule has 2 rings (SSSR count). The molecule has 0 aliphatic carbocycles. The number of carbonyl (C=O) groups is 1. The van der Waals surface area contributed by atoms with Crippen molar-refractivity contribution in [2.24, 2.45) is 5.73 Å². The molecular formula is C14H13NO3. The Morgan fingerprint density at radius 2 is 1.94 bits per heavy atom. The first-order valence-electron chi connectivity index (χ1n) is 5.41. The van der Waals surface area contributed by atoms with E-state index >= 15 is 0 Å². The Balaban J connectivity index is 2.20. The average Bonchev–Trinajstić information content (AvgIpc) is 2.85. The number of ether oxygens (including phenoxy) is 1. The Labute approximate surface area is 105 Å². The van der Waals surface area contributed by atoms with E-state index in [0.717, 1.165) is 17.1 Å². The lowest BCUT2D eigenvalue weighted by Crippen LogP contribution is -2.04. The normalized spacial score (nSPS) is 10.7. The fourth-order valence-electron chi connectivity index (χ4n) is 1.52. The Kier molecular flexibility index (Phi) is 3.48. The number of amides is 1. The van der Waals surface area contributed by atoms with E-state index in [4.69, 9.17) is 14.9 Å². The first kappa shape index (κ1) is 12.0. The molecule has 4 heteroatoms. The van der Waals surface area contributed by atoms with Crippen LogP contribution in [0.2, 0.25) is 0 Å². The topological polar surface area (TPSA) is 65.5 Å². The number of hydrogen-bond donors (Lipinski definition) is 1. The monoisotopic (exact) mass is 243 g/mol. The lowest BCUT2D eigenvalue weighted by Gasteiger charge is -2.00. The van der Waals surface area contributed by atoms with Crippen molar-refractivity contribution < 1.29 is 13.9 Å². The van der Waals surface area contributed by atoms with E-state index in [1.165, 1.54) is 12.2 Å². The van der Waals surface area contributed by atoms with Gasteiger partial charge in [0.15, 0.2) is 0 Å². The molecule has 1 aromatic carbocycles. The van der Waals surface area contributed by atoms with Gasteiger partial charge in [0.25, 0.3) is 0 Å². The van der Waals surface area contributed by atoms with Gasteiger partial charge in [-0.2, -0.15) is 0 Å².